The van der Waals surface area contributed by atoms with Crippen molar-refractivity contribution in [3.8, 4) is 0 Å². The van der Waals surface area contributed by atoms with Gasteiger partial charge in [-0.3, -0.25) is 19.3 Å². The van der Waals surface area contributed by atoms with Gasteiger partial charge in [-0.05, 0) is 49.1 Å². The van der Waals surface area contributed by atoms with E-state index in [1.54, 1.807) is 25.1 Å². The lowest BCUT2D eigenvalue weighted by atomic mass is 10.1. The quantitative estimate of drug-likeness (QED) is 0.592. The molecule has 1 atom stereocenters. The maximum atomic E-state index is 13.5. The highest BCUT2D eigenvalue weighted by Crippen LogP contribution is 2.37. The molecule has 1 aliphatic rings. The molecule has 32 heavy (non-hydrogen) atoms. The molecule has 0 bridgehead atoms. The average molecular weight is 450 g/mol. The van der Waals surface area contributed by atoms with Crippen molar-refractivity contribution in [2.24, 2.45) is 0 Å². The number of likely N-dealkylation sites (N-methyl/N-ethyl adjacent to an activating group) is 1. The summed E-state index contributed by atoms with van der Waals surface area (Å²) in [4.78, 5) is 42.1. The van der Waals surface area contributed by atoms with Gasteiger partial charge in [-0.15, -0.1) is 0 Å². The Labute approximate surface area is 191 Å². The highest BCUT2D eigenvalue weighted by Gasteiger charge is 2.34. The Balaban J connectivity index is 1.62. The Morgan fingerprint density at radius 2 is 1.75 bits per heavy atom. The molecule has 0 spiro atoms. The molecule has 6 nitrogen and oxygen atoms in total. The van der Waals surface area contributed by atoms with E-state index in [1.165, 1.54) is 9.80 Å². The first-order chi connectivity index (χ1) is 15.4. The Morgan fingerprint density at radius 1 is 1.06 bits per heavy atom. The molecule has 0 aliphatic carbocycles. The molecule has 0 saturated heterocycles. The van der Waals surface area contributed by atoms with E-state index < -0.39 is 6.04 Å². The van der Waals surface area contributed by atoms with E-state index in [0.29, 0.717) is 22.8 Å². The summed E-state index contributed by atoms with van der Waals surface area (Å²) in [6, 6.07) is 17.7. The summed E-state index contributed by atoms with van der Waals surface area (Å²) in [7, 11) is 0. The van der Waals surface area contributed by atoms with E-state index in [2.05, 4.69) is 5.32 Å². The van der Waals surface area contributed by atoms with Crippen LogP contribution >= 0.6 is 11.6 Å². The molecular formula is C25H24ClN3O3. The first-order valence-electron chi connectivity index (χ1n) is 10.6. The van der Waals surface area contributed by atoms with E-state index in [-0.39, 0.29) is 30.8 Å². The lowest BCUT2D eigenvalue weighted by molar-refractivity contribution is -0.139. The van der Waals surface area contributed by atoms with Gasteiger partial charge in [0.05, 0.1) is 5.69 Å². The zero-order chi connectivity index (χ0) is 22.8. The number of rotatable bonds is 7. The van der Waals surface area contributed by atoms with Crippen LogP contribution in [0.2, 0.25) is 5.02 Å². The molecule has 3 amide bonds. The van der Waals surface area contributed by atoms with Crippen LogP contribution in [0.3, 0.4) is 0 Å². The van der Waals surface area contributed by atoms with Gasteiger partial charge >= 0.3 is 0 Å². The van der Waals surface area contributed by atoms with Crippen LogP contribution in [-0.4, -0.2) is 41.8 Å². The fourth-order valence-corrected chi connectivity index (χ4v) is 4.18. The van der Waals surface area contributed by atoms with E-state index in [4.69, 9.17) is 11.6 Å². The van der Waals surface area contributed by atoms with E-state index in [0.717, 1.165) is 16.3 Å². The molecule has 1 unspecified atom stereocenters. The average Bonchev–Trinajstić information content (AvgIpc) is 3.06. The van der Waals surface area contributed by atoms with Gasteiger partial charge in [0.1, 0.15) is 12.6 Å². The SMILES string of the molecule is CCNC(=O)C(C)N(Cc1ccc(Cl)cc1)C(=O)CN1C(=O)c2cccc3cccc1c23. The third kappa shape index (κ3) is 4.06. The van der Waals surface area contributed by atoms with Crippen LogP contribution in [0.25, 0.3) is 10.8 Å². The van der Waals surface area contributed by atoms with Gasteiger partial charge in [0.15, 0.2) is 0 Å². The largest absolute Gasteiger partial charge is 0.355 e. The summed E-state index contributed by atoms with van der Waals surface area (Å²) in [6.45, 7) is 4.07. The second kappa shape index (κ2) is 9.01. The van der Waals surface area contributed by atoms with Gasteiger partial charge in [0.25, 0.3) is 5.91 Å². The first kappa shape index (κ1) is 21.8. The van der Waals surface area contributed by atoms with Crippen molar-refractivity contribution in [2.75, 3.05) is 18.0 Å². The molecule has 0 radical (unpaired) electrons. The van der Waals surface area contributed by atoms with Crippen molar-refractivity contribution >= 4 is 45.8 Å². The molecule has 3 aromatic carbocycles. The van der Waals surface area contributed by atoms with Gasteiger partial charge in [0.2, 0.25) is 11.8 Å². The minimum absolute atomic E-state index is 0.149. The van der Waals surface area contributed by atoms with Gasteiger partial charge in [0, 0.05) is 29.1 Å². The third-order valence-corrected chi connectivity index (χ3v) is 5.98. The number of amides is 3. The summed E-state index contributed by atoms with van der Waals surface area (Å²) in [6.07, 6.45) is 0. The minimum atomic E-state index is -0.700. The Kier molecular flexibility index (Phi) is 6.15. The van der Waals surface area contributed by atoms with Crippen LogP contribution in [0.15, 0.2) is 60.7 Å². The summed E-state index contributed by atoms with van der Waals surface area (Å²) < 4.78 is 0. The summed E-state index contributed by atoms with van der Waals surface area (Å²) in [5, 5.41) is 5.18. The van der Waals surface area contributed by atoms with E-state index in [1.807, 2.05) is 49.4 Å². The topological polar surface area (TPSA) is 69.7 Å². The number of carbonyl (C=O) groups is 3. The molecule has 164 valence electrons. The number of hydrogen-bond donors (Lipinski definition) is 1. The van der Waals surface area contributed by atoms with Crippen LogP contribution in [-0.2, 0) is 16.1 Å². The summed E-state index contributed by atoms with van der Waals surface area (Å²) in [5.41, 5.74) is 2.15. The van der Waals surface area contributed by atoms with Crippen LogP contribution in [0.5, 0.6) is 0 Å². The van der Waals surface area contributed by atoms with Gasteiger partial charge in [-0.25, -0.2) is 0 Å². The molecular weight excluding hydrogens is 426 g/mol. The fourth-order valence-electron chi connectivity index (χ4n) is 4.05. The number of anilines is 1. The fraction of sp³-hybridized carbons (Fsp3) is 0.240. The van der Waals surface area contributed by atoms with Crippen molar-refractivity contribution < 1.29 is 14.4 Å². The monoisotopic (exact) mass is 449 g/mol. The highest BCUT2D eigenvalue weighted by atomic mass is 35.5. The minimum Gasteiger partial charge on any atom is -0.355 e. The standard InChI is InChI=1S/C25H24ClN3O3/c1-3-27-24(31)16(2)28(14-17-10-12-19(26)13-11-17)22(30)15-29-21-9-5-7-18-6-4-8-20(23(18)21)25(29)32/h4-13,16H,3,14-15H2,1-2H3,(H,27,31). The lowest BCUT2D eigenvalue weighted by Crippen LogP contribution is -2.50. The molecule has 1 heterocycles. The molecule has 1 N–H and O–H groups in total. The van der Waals surface area contributed by atoms with Crippen molar-refractivity contribution in [2.45, 2.75) is 26.4 Å². The second-order valence-corrected chi connectivity index (χ2v) is 8.23. The molecule has 0 saturated carbocycles. The number of halogens is 1. The van der Waals surface area contributed by atoms with Crippen LogP contribution < -0.4 is 10.2 Å². The molecule has 3 aromatic rings. The number of nitrogens with one attached hydrogen (secondary N) is 1. The van der Waals surface area contributed by atoms with Crippen LogP contribution in [0.1, 0.15) is 29.8 Å². The molecule has 7 heteroatoms. The lowest BCUT2D eigenvalue weighted by Gasteiger charge is -2.30. The Morgan fingerprint density at radius 3 is 2.44 bits per heavy atom. The van der Waals surface area contributed by atoms with Crippen molar-refractivity contribution in [1.82, 2.24) is 10.2 Å². The van der Waals surface area contributed by atoms with Crippen molar-refractivity contribution in [3.05, 3.63) is 76.8 Å². The van der Waals surface area contributed by atoms with E-state index in [9.17, 15) is 14.4 Å². The molecule has 0 fully saturated rings. The molecule has 1 aliphatic heterocycles. The third-order valence-electron chi connectivity index (χ3n) is 5.73. The molecule has 0 aromatic heterocycles. The summed E-state index contributed by atoms with van der Waals surface area (Å²) >= 11 is 5.99. The van der Waals surface area contributed by atoms with Crippen LogP contribution in [0, 0.1) is 0 Å². The highest BCUT2D eigenvalue weighted by molar-refractivity contribution is 6.30. The Bertz CT molecular complexity index is 1190. The number of nitrogens with zero attached hydrogens (tertiary/aromatic N) is 2. The van der Waals surface area contributed by atoms with Gasteiger partial charge in [-0.2, -0.15) is 0 Å². The molecule has 4 rings (SSSR count). The predicted molar refractivity (Wildman–Crippen MR) is 126 cm³/mol. The smallest absolute Gasteiger partial charge is 0.259 e. The van der Waals surface area contributed by atoms with Crippen molar-refractivity contribution in [1.29, 1.82) is 0 Å². The Hall–Kier alpha value is -3.38. The number of hydrogen-bond acceptors (Lipinski definition) is 3. The second-order valence-electron chi connectivity index (χ2n) is 7.79. The maximum absolute atomic E-state index is 13.5. The predicted octanol–water partition coefficient (Wildman–Crippen LogP) is 4.01. The normalized spacial score (nSPS) is 13.3. The maximum Gasteiger partial charge on any atom is 0.259 e. The number of benzene rings is 3. The summed E-state index contributed by atoms with van der Waals surface area (Å²) in [5.74, 6) is -0.757. The zero-order valence-electron chi connectivity index (χ0n) is 18.0. The van der Waals surface area contributed by atoms with Gasteiger partial charge in [-0.1, -0.05) is 48.0 Å². The van der Waals surface area contributed by atoms with Gasteiger partial charge < -0.3 is 10.2 Å². The van der Waals surface area contributed by atoms with E-state index >= 15 is 0 Å². The first-order valence-corrected chi connectivity index (χ1v) is 10.9. The van der Waals surface area contributed by atoms with Crippen LogP contribution in [0.4, 0.5) is 5.69 Å². The number of carbonyl (C=O) groups excluding carboxylic acids is 3. The van der Waals surface area contributed by atoms with Crippen molar-refractivity contribution in [3.63, 3.8) is 0 Å². The zero-order valence-corrected chi connectivity index (χ0v) is 18.7.